The van der Waals surface area contributed by atoms with Crippen LogP contribution in [-0.2, 0) is 16.6 Å². The summed E-state index contributed by atoms with van der Waals surface area (Å²) < 4.78 is 7.64. The number of ether oxygens (including phenoxy) is 1. The summed E-state index contributed by atoms with van der Waals surface area (Å²) >= 11 is 0. The van der Waals surface area contributed by atoms with E-state index in [4.69, 9.17) is 14.8 Å². The molecule has 10 rings (SSSR count). The first-order valence-corrected chi connectivity index (χ1v) is 20.4. The van der Waals surface area contributed by atoms with Gasteiger partial charge < -0.3 is 25.2 Å². The van der Waals surface area contributed by atoms with E-state index in [1.165, 1.54) is 5.69 Å². The largest absolute Gasteiger partial charge is 0.474 e. The van der Waals surface area contributed by atoms with Crippen LogP contribution in [-0.4, -0.2) is 99.9 Å². The lowest BCUT2D eigenvalue weighted by Gasteiger charge is -2.44. The van der Waals surface area contributed by atoms with E-state index < -0.39 is 5.92 Å². The van der Waals surface area contributed by atoms with Gasteiger partial charge in [-0.3, -0.25) is 24.5 Å². The van der Waals surface area contributed by atoms with Crippen LogP contribution in [0.1, 0.15) is 42.9 Å². The van der Waals surface area contributed by atoms with Crippen molar-refractivity contribution in [2.24, 2.45) is 7.05 Å². The van der Waals surface area contributed by atoms with Crippen molar-refractivity contribution in [3.05, 3.63) is 84.3 Å². The minimum atomic E-state index is -0.405. The number of anilines is 5. The summed E-state index contributed by atoms with van der Waals surface area (Å²) in [6, 6.07) is 21.7. The third-order valence-corrected chi connectivity index (χ3v) is 12.4. The van der Waals surface area contributed by atoms with E-state index in [9.17, 15) is 9.59 Å². The van der Waals surface area contributed by atoms with Crippen molar-refractivity contribution in [1.82, 2.24) is 34.9 Å². The van der Waals surface area contributed by atoms with Crippen LogP contribution in [0.2, 0.25) is 0 Å². The number of amides is 2. The summed E-state index contributed by atoms with van der Waals surface area (Å²) in [6.07, 6.45) is 6.84. The molecule has 6 aromatic rings. The third kappa shape index (κ3) is 6.70. The zero-order chi connectivity index (χ0) is 39.3. The molecule has 1 unspecified atom stereocenters. The number of piperidine rings is 2. The molecule has 1 atom stereocenters. The summed E-state index contributed by atoms with van der Waals surface area (Å²) in [5.74, 6) is 0.356. The van der Waals surface area contributed by atoms with Gasteiger partial charge in [0.2, 0.25) is 23.6 Å². The summed E-state index contributed by atoms with van der Waals surface area (Å²) in [7, 11) is 1.95. The fraction of sp³-hybridized carbons (Fsp3) is 0.364. The first-order valence-electron chi connectivity index (χ1n) is 20.4. The minimum Gasteiger partial charge on any atom is -0.474 e. The van der Waals surface area contributed by atoms with Crippen LogP contribution in [0, 0.1) is 6.92 Å². The molecule has 3 aromatic carbocycles. The van der Waals surface area contributed by atoms with Crippen molar-refractivity contribution in [1.29, 1.82) is 0 Å². The molecule has 3 N–H and O–H groups in total. The van der Waals surface area contributed by atoms with Gasteiger partial charge in [0.05, 0.1) is 28.3 Å². The topological polar surface area (TPSA) is 146 Å². The van der Waals surface area contributed by atoms with E-state index in [1.54, 1.807) is 0 Å². The normalized spacial score (nSPS) is 19.2. The Balaban J connectivity index is 0.747. The van der Waals surface area contributed by atoms with Gasteiger partial charge in [-0.2, -0.15) is 5.10 Å². The molecule has 0 spiro atoms. The predicted molar refractivity (Wildman–Crippen MR) is 226 cm³/mol. The number of nitrogens with zero attached hydrogens (tertiary/aromatic N) is 8. The first-order chi connectivity index (χ1) is 28.4. The van der Waals surface area contributed by atoms with Gasteiger partial charge in [0, 0.05) is 105 Å². The molecule has 14 heteroatoms. The lowest BCUT2D eigenvalue weighted by Crippen LogP contribution is -2.53. The lowest BCUT2D eigenvalue weighted by molar-refractivity contribution is -0.134. The van der Waals surface area contributed by atoms with Crippen LogP contribution in [0.15, 0.2) is 73.1 Å². The van der Waals surface area contributed by atoms with Gasteiger partial charge in [0.15, 0.2) is 0 Å². The van der Waals surface area contributed by atoms with E-state index in [0.717, 1.165) is 120 Å². The summed E-state index contributed by atoms with van der Waals surface area (Å²) in [5.41, 5.74) is 10.2. The van der Waals surface area contributed by atoms with Crippen molar-refractivity contribution in [3.8, 4) is 17.0 Å². The molecule has 7 heterocycles. The Hall–Kier alpha value is -6.28. The minimum absolute atomic E-state index is 0.207. The Morgan fingerprint density at radius 2 is 1.71 bits per heavy atom. The Morgan fingerprint density at radius 1 is 0.879 bits per heavy atom. The van der Waals surface area contributed by atoms with E-state index in [-0.39, 0.29) is 11.8 Å². The van der Waals surface area contributed by atoms with E-state index in [1.807, 2.05) is 24.1 Å². The number of aromatic nitrogens is 5. The number of aryl methyl sites for hydroxylation is 1. The molecule has 296 valence electrons. The van der Waals surface area contributed by atoms with Gasteiger partial charge in [-0.1, -0.05) is 24.3 Å². The monoisotopic (exact) mass is 777 g/mol. The second-order valence-electron chi connectivity index (χ2n) is 15.8. The van der Waals surface area contributed by atoms with Gasteiger partial charge >= 0.3 is 0 Å². The van der Waals surface area contributed by atoms with Crippen molar-refractivity contribution in [2.75, 3.05) is 72.9 Å². The van der Waals surface area contributed by atoms with Crippen LogP contribution in [0.5, 0.6) is 5.88 Å². The Labute approximate surface area is 336 Å². The number of nitrogens with one attached hydrogen (secondary N) is 3. The number of para-hydroxylation sites is 1. The molecule has 4 aliphatic heterocycles. The molecule has 4 aliphatic rings. The zero-order valence-corrected chi connectivity index (χ0v) is 32.9. The van der Waals surface area contributed by atoms with Crippen LogP contribution in [0.25, 0.3) is 32.9 Å². The highest BCUT2D eigenvalue weighted by atomic mass is 16.5. The highest BCUT2D eigenvalue weighted by molar-refractivity contribution is 6.03. The summed E-state index contributed by atoms with van der Waals surface area (Å²) in [5, 5.41) is 16.1. The maximum absolute atomic E-state index is 12.7. The Kier molecular flexibility index (Phi) is 9.27. The van der Waals surface area contributed by atoms with Crippen LogP contribution in [0.4, 0.5) is 28.7 Å². The molecule has 58 heavy (non-hydrogen) atoms. The summed E-state index contributed by atoms with van der Waals surface area (Å²) in [6.45, 7) is 9.42. The molecule has 14 nitrogen and oxygen atoms in total. The molecule has 3 aromatic heterocycles. The molecule has 3 saturated heterocycles. The van der Waals surface area contributed by atoms with E-state index in [0.29, 0.717) is 37.3 Å². The van der Waals surface area contributed by atoms with Crippen molar-refractivity contribution in [2.45, 2.75) is 44.6 Å². The smallest absolute Gasteiger partial charge is 0.237 e. The second-order valence-corrected chi connectivity index (χ2v) is 15.8. The standard InChI is InChI=1S/C44H47N11O3/c1-27-35(26-46-43-39(27)45-16-23-58-43)28-6-7-29-25-47-44(49-36(29)24-28)48-30-8-10-31(11-9-30)53-17-14-32(15-18-53)54-19-21-55(22-20-54)37-5-3-4-33-40(51-52(2)41(33)37)34-12-13-38(56)50-42(34)57/h3-11,24-26,32,34,45H,12-23H2,1-2H3,(H,47,48,49)(H,50,56,57). The van der Waals surface area contributed by atoms with Crippen molar-refractivity contribution < 1.29 is 14.3 Å². The SMILES string of the molecule is Cc1c(-c2ccc3cnc(Nc4ccc(N5CCC(N6CCN(c7cccc8c(C9CCC(=O)NC9=O)nn(C)c78)CC6)CC5)cc4)nc3c2)cnc2c1NCCO2. The number of fused-ring (bicyclic) bond motifs is 3. The maximum atomic E-state index is 12.7. The Morgan fingerprint density at radius 3 is 2.52 bits per heavy atom. The molecular weight excluding hydrogens is 731 g/mol. The fourth-order valence-electron chi connectivity index (χ4n) is 9.28. The molecule has 0 saturated carbocycles. The number of carbonyl (C=O) groups excluding carboxylic acids is 2. The van der Waals surface area contributed by atoms with Crippen molar-refractivity contribution >= 4 is 62.3 Å². The number of imide groups is 1. The van der Waals surface area contributed by atoms with Crippen LogP contribution in [0.3, 0.4) is 0 Å². The van der Waals surface area contributed by atoms with Gasteiger partial charge in [-0.05, 0) is 73.7 Å². The highest BCUT2D eigenvalue weighted by Crippen LogP contribution is 2.37. The molecule has 0 aliphatic carbocycles. The summed E-state index contributed by atoms with van der Waals surface area (Å²) in [4.78, 5) is 46.1. The zero-order valence-electron chi connectivity index (χ0n) is 32.9. The first kappa shape index (κ1) is 36.1. The fourth-order valence-corrected chi connectivity index (χ4v) is 9.28. The lowest BCUT2D eigenvalue weighted by atomic mass is 9.92. The molecular formula is C44H47N11O3. The number of pyridine rings is 1. The number of hydrogen-bond acceptors (Lipinski definition) is 12. The van der Waals surface area contributed by atoms with E-state index >= 15 is 0 Å². The van der Waals surface area contributed by atoms with Crippen LogP contribution < -0.4 is 30.5 Å². The average Bonchev–Trinajstić information content (AvgIpc) is 3.60. The molecule has 0 radical (unpaired) electrons. The quantitative estimate of drug-likeness (QED) is 0.170. The molecule has 0 bridgehead atoms. The number of carbonyl (C=O) groups is 2. The third-order valence-electron chi connectivity index (χ3n) is 12.4. The second kappa shape index (κ2) is 14.9. The number of piperazine rings is 1. The van der Waals surface area contributed by atoms with Gasteiger partial charge in [0.1, 0.15) is 12.3 Å². The average molecular weight is 778 g/mol. The number of hydrogen-bond donors (Lipinski definition) is 3. The van der Waals surface area contributed by atoms with Gasteiger partial charge in [-0.25, -0.2) is 15.0 Å². The maximum Gasteiger partial charge on any atom is 0.237 e. The molecule has 2 amide bonds. The van der Waals surface area contributed by atoms with Gasteiger partial charge in [0.25, 0.3) is 0 Å². The Bertz CT molecular complexity index is 2540. The van der Waals surface area contributed by atoms with E-state index in [2.05, 4.69) is 108 Å². The highest BCUT2D eigenvalue weighted by Gasteiger charge is 2.33. The van der Waals surface area contributed by atoms with Crippen molar-refractivity contribution in [3.63, 3.8) is 0 Å². The predicted octanol–water partition coefficient (Wildman–Crippen LogP) is 5.75. The number of benzene rings is 3. The van der Waals surface area contributed by atoms with Crippen LogP contribution >= 0.6 is 0 Å². The van der Waals surface area contributed by atoms with Gasteiger partial charge in [-0.15, -0.1) is 0 Å². The molecule has 3 fully saturated rings. The number of rotatable bonds is 7.